The van der Waals surface area contributed by atoms with Gasteiger partial charge in [-0.2, -0.15) is 0 Å². The third kappa shape index (κ3) is 4.23. The minimum Gasteiger partial charge on any atom is -0.384 e. The van der Waals surface area contributed by atoms with Crippen LogP contribution in [0.4, 0.5) is 5.82 Å². The van der Waals surface area contributed by atoms with Crippen molar-refractivity contribution in [2.45, 2.75) is 44.4 Å². The lowest BCUT2D eigenvalue weighted by molar-refractivity contribution is 0.813. The van der Waals surface area contributed by atoms with E-state index >= 15 is 0 Å². The van der Waals surface area contributed by atoms with Crippen molar-refractivity contribution in [3.63, 3.8) is 0 Å². The molecule has 0 aliphatic rings. The average Bonchev–Trinajstić information content (AvgIpc) is 2.35. The molecule has 3 nitrogen and oxygen atoms in total. The molecule has 2 N–H and O–H groups in total. The number of nitrogens with zero attached hydrogens (tertiary/aromatic N) is 2. The number of nitrogens with two attached hydrogens (primary N) is 1. The number of benzene rings is 1. The predicted octanol–water partition coefficient (Wildman–Crippen LogP) is 3.92. The molecule has 106 valence electrons. The highest BCUT2D eigenvalue weighted by molar-refractivity contribution is 7.98. The van der Waals surface area contributed by atoms with Crippen LogP contribution in [0.1, 0.15) is 35.9 Å². The molecule has 0 spiro atoms. The summed E-state index contributed by atoms with van der Waals surface area (Å²) < 4.78 is 0. The van der Waals surface area contributed by atoms with Crippen LogP contribution in [0, 0.1) is 13.8 Å². The van der Waals surface area contributed by atoms with E-state index in [0.717, 1.165) is 29.4 Å². The first kappa shape index (κ1) is 14.9. The first-order valence-electron chi connectivity index (χ1n) is 6.90. The van der Waals surface area contributed by atoms with Crippen molar-refractivity contribution < 1.29 is 0 Å². The Kier molecular flexibility index (Phi) is 5.01. The third-order valence-corrected chi connectivity index (χ3v) is 3.89. The van der Waals surface area contributed by atoms with Crippen LogP contribution in [-0.4, -0.2) is 9.97 Å². The minimum atomic E-state index is 0.561. The molecule has 0 aliphatic heterocycles. The smallest absolute Gasteiger partial charge is 0.132 e. The number of aryl methyl sites for hydroxylation is 3. The van der Waals surface area contributed by atoms with Crippen LogP contribution in [0.5, 0.6) is 0 Å². The number of rotatable bonds is 5. The van der Waals surface area contributed by atoms with Gasteiger partial charge in [0.15, 0.2) is 0 Å². The summed E-state index contributed by atoms with van der Waals surface area (Å²) in [5.74, 6) is 2.31. The van der Waals surface area contributed by atoms with Gasteiger partial charge in [-0.15, -0.1) is 11.8 Å². The third-order valence-electron chi connectivity index (χ3n) is 2.91. The molecule has 4 heteroatoms. The molecule has 2 aromatic rings. The Morgan fingerprint density at radius 1 is 1.05 bits per heavy atom. The maximum absolute atomic E-state index is 5.84. The summed E-state index contributed by atoms with van der Waals surface area (Å²) in [5, 5.41) is 0.958. The fourth-order valence-corrected chi connectivity index (χ4v) is 3.07. The summed E-state index contributed by atoms with van der Waals surface area (Å²) in [5.41, 5.74) is 9.76. The molecule has 0 amide bonds. The second-order valence-corrected chi connectivity index (χ2v) is 6.08. The van der Waals surface area contributed by atoms with Crippen molar-refractivity contribution in [2.24, 2.45) is 0 Å². The number of nitrogen functional groups attached to an aromatic ring is 1. The fraction of sp³-hybridized carbons (Fsp3) is 0.375. The Hall–Kier alpha value is -1.55. The van der Waals surface area contributed by atoms with Crippen molar-refractivity contribution in [1.82, 2.24) is 9.97 Å². The van der Waals surface area contributed by atoms with Crippen LogP contribution in [0.2, 0.25) is 0 Å². The standard InChI is InChI=1S/C16H21N3S/c1-4-5-15-18-14(17)9-16(19-15)20-10-13-7-11(2)6-12(3)8-13/h6-9H,4-5,10H2,1-3H3,(H2,17,18,19). The first-order chi connectivity index (χ1) is 9.56. The first-order valence-corrected chi connectivity index (χ1v) is 7.89. The van der Waals surface area contributed by atoms with Gasteiger partial charge in [0.1, 0.15) is 16.7 Å². The van der Waals surface area contributed by atoms with E-state index in [1.807, 2.05) is 6.07 Å². The van der Waals surface area contributed by atoms with Crippen molar-refractivity contribution in [3.8, 4) is 0 Å². The molecule has 1 aromatic carbocycles. The molecular formula is C16H21N3S. The normalized spacial score (nSPS) is 10.8. The molecule has 2 rings (SSSR count). The van der Waals surface area contributed by atoms with E-state index in [0.29, 0.717) is 5.82 Å². The van der Waals surface area contributed by atoms with Crippen LogP contribution in [0.15, 0.2) is 29.3 Å². The van der Waals surface area contributed by atoms with Crippen molar-refractivity contribution in [2.75, 3.05) is 5.73 Å². The molecule has 0 saturated carbocycles. The van der Waals surface area contributed by atoms with E-state index in [9.17, 15) is 0 Å². The molecule has 20 heavy (non-hydrogen) atoms. The Bertz CT molecular complexity index is 576. The van der Waals surface area contributed by atoms with Crippen molar-refractivity contribution >= 4 is 17.6 Å². The molecule has 0 unspecified atom stereocenters. The summed E-state index contributed by atoms with van der Waals surface area (Å²) in [6.45, 7) is 6.38. The summed E-state index contributed by atoms with van der Waals surface area (Å²) >= 11 is 1.71. The lowest BCUT2D eigenvalue weighted by Crippen LogP contribution is -2.00. The molecule has 0 radical (unpaired) electrons. The van der Waals surface area contributed by atoms with Gasteiger partial charge in [0.05, 0.1) is 0 Å². The quantitative estimate of drug-likeness (QED) is 0.669. The highest BCUT2D eigenvalue weighted by Gasteiger charge is 2.04. The van der Waals surface area contributed by atoms with Gasteiger partial charge in [0.2, 0.25) is 0 Å². The lowest BCUT2D eigenvalue weighted by Gasteiger charge is -2.07. The minimum absolute atomic E-state index is 0.561. The molecule has 1 heterocycles. The summed E-state index contributed by atoms with van der Waals surface area (Å²) in [4.78, 5) is 8.82. The lowest BCUT2D eigenvalue weighted by atomic mass is 10.1. The summed E-state index contributed by atoms with van der Waals surface area (Å²) in [7, 11) is 0. The average molecular weight is 287 g/mol. The Morgan fingerprint density at radius 3 is 2.40 bits per heavy atom. The van der Waals surface area contributed by atoms with E-state index in [4.69, 9.17) is 5.73 Å². The zero-order chi connectivity index (χ0) is 14.5. The zero-order valence-corrected chi connectivity index (χ0v) is 13.1. The monoisotopic (exact) mass is 287 g/mol. The topological polar surface area (TPSA) is 51.8 Å². The van der Waals surface area contributed by atoms with Gasteiger partial charge in [-0.3, -0.25) is 0 Å². The Labute approximate surface area is 125 Å². The van der Waals surface area contributed by atoms with Gasteiger partial charge in [-0.1, -0.05) is 36.2 Å². The molecule has 0 bridgehead atoms. The summed E-state index contributed by atoms with van der Waals surface area (Å²) in [6.07, 6.45) is 1.91. The van der Waals surface area contributed by atoms with Gasteiger partial charge in [0.25, 0.3) is 0 Å². The highest BCUT2D eigenvalue weighted by Crippen LogP contribution is 2.23. The number of anilines is 1. The molecule has 0 saturated heterocycles. The molecular weight excluding hydrogens is 266 g/mol. The van der Waals surface area contributed by atoms with E-state index < -0.39 is 0 Å². The maximum atomic E-state index is 5.84. The zero-order valence-electron chi connectivity index (χ0n) is 12.3. The molecule has 1 aromatic heterocycles. The van der Waals surface area contributed by atoms with Crippen LogP contribution in [0.25, 0.3) is 0 Å². The van der Waals surface area contributed by atoms with Gasteiger partial charge in [0, 0.05) is 18.2 Å². The van der Waals surface area contributed by atoms with E-state index in [2.05, 4.69) is 48.9 Å². The van der Waals surface area contributed by atoms with Crippen LogP contribution < -0.4 is 5.73 Å². The van der Waals surface area contributed by atoms with Gasteiger partial charge < -0.3 is 5.73 Å². The van der Waals surface area contributed by atoms with E-state index in [1.54, 1.807) is 11.8 Å². The maximum Gasteiger partial charge on any atom is 0.132 e. The molecule has 0 atom stereocenters. The second-order valence-electron chi connectivity index (χ2n) is 5.08. The van der Waals surface area contributed by atoms with E-state index in [-0.39, 0.29) is 0 Å². The molecule has 0 aliphatic carbocycles. The number of hydrogen-bond donors (Lipinski definition) is 1. The molecule has 0 fully saturated rings. The largest absolute Gasteiger partial charge is 0.384 e. The fourth-order valence-electron chi connectivity index (χ4n) is 2.21. The van der Waals surface area contributed by atoms with Crippen molar-refractivity contribution in [3.05, 3.63) is 46.8 Å². The van der Waals surface area contributed by atoms with Crippen LogP contribution >= 0.6 is 11.8 Å². The van der Waals surface area contributed by atoms with Crippen LogP contribution in [0.3, 0.4) is 0 Å². The highest BCUT2D eigenvalue weighted by atomic mass is 32.2. The summed E-state index contributed by atoms with van der Waals surface area (Å²) in [6, 6.07) is 8.48. The number of hydrogen-bond acceptors (Lipinski definition) is 4. The van der Waals surface area contributed by atoms with Gasteiger partial charge in [-0.25, -0.2) is 9.97 Å². The SMILES string of the molecule is CCCc1nc(N)cc(SCc2cc(C)cc(C)c2)n1. The number of thioether (sulfide) groups is 1. The Balaban J connectivity index is 2.10. The van der Waals surface area contributed by atoms with Gasteiger partial charge >= 0.3 is 0 Å². The van der Waals surface area contributed by atoms with E-state index in [1.165, 1.54) is 16.7 Å². The van der Waals surface area contributed by atoms with Gasteiger partial charge in [-0.05, 0) is 25.8 Å². The van der Waals surface area contributed by atoms with Crippen molar-refractivity contribution in [1.29, 1.82) is 0 Å². The Morgan fingerprint density at radius 2 is 1.75 bits per heavy atom. The van der Waals surface area contributed by atoms with Crippen LogP contribution in [-0.2, 0) is 12.2 Å². The number of aromatic nitrogens is 2. The predicted molar refractivity (Wildman–Crippen MR) is 85.9 cm³/mol. The second kappa shape index (κ2) is 6.75.